The summed E-state index contributed by atoms with van der Waals surface area (Å²) in [6.07, 6.45) is 0.156. The first kappa shape index (κ1) is 15.6. The van der Waals surface area contributed by atoms with Gasteiger partial charge < -0.3 is 14.6 Å². The van der Waals surface area contributed by atoms with Crippen LogP contribution in [0, 0.1) is 0 Å². The summed E-state index contributed by atoms with van der Waals surface area (Å²) in [4.78, 5) is 0. The van der Waals surface area contributed by atoms with E-state index in [2.05, 4.69) is 13.8 Å². The van der Waals surface area contributed by atoms with Crippen LogP contribution < -0.4 is 0 Å². The Morgan fingerprint density at radius 2 is 1.88 bits per heavy atom. The van der Waals surface area contributed by atoms with Crippen LogP contribution in [0.2, 0.25) is 0 Å². The maximum Gasteiger partial charge on any atom is 0.163 e. The molecule has 0 saturated carbocycles. The van der Waals surface area contributed by atoms with E-state index in [9.17, 15) is 5.11 Å². The van der Waals surface area contributed by atoms with Crippen molar-refractivity contribution in [2.75, 3.05) is 18.1 Å². The monoisotopic (exact) mass is 280 g/mol. The third kappa shape index (κ3) is 5.39. The van der Waals surface area contributed by atoms with Crippen LogP contribution in [0.1, 0.15) is 34.1 Å². The predicted octanol–water partition coefficient (Wildman–Crippen LogP) is 2.72. The quantitative estimate of drug-likeness (QED) is 0.726. The largest absolute Gasteiger partial charge is 0.390 e. The summed E-state index contributed by atoms with van der Waals surface area (Å²) in [6, 6.07) is 0. The fourth-order valence-electron chi connectivity index (χ4n) is 1.81. The van der Waals surface area contributed by atoms with Crippen LogP contribution in [0.25, 0.3) is 0 Å². The predicted molar refractivity (Wildman–Crippen MR) is 75.6 cm³/mol. The Balaban J connectivity index is 2.38. The molecule has 2 unspecified atom stereocenters. The van der Waals surface area contributed by atoms with Crippen LogP contribution >= 0.6 is 23.5 Å². The Labute approximate surface area is 113 Å². The van der Waals surface area contributed by atoms with Crippen LogP contribution in [0.15, 0.2) is 0 Å². The van der Waals surface area contributed by atoms with E-state index in [1.807, 2.05) is 37.4 Å². The zero-order chi connectivity index (χ0) is 12.9. The van der Waals surface area contributed by atoms with E-state index in [0.717, 1.165) is 17.9 Å². The number of hydrogen-bond acceptors (Lipinski definition) is 5. The molecule has 0 aromatic heterocycles. The molecule has 1 N–H and O–H groups in total. The van der Waals surface area contributed by atoms with Gasteiger partial charge >= 0.3 is 0 Å². The summed E-state index contributed by atoms with van der Waals surface area (Å²) in [5.74, 6) is 1.62. The van der Waals surface area contributed by atoms with Gasteiger partial charge in [-0.2, -0.15) is 0 Å². The lowest BCUT2D eigenvalue weighted by Crippen LogP contribution is -2.32. The van der Waals surface area contributed by atoms with Gasteiger partial charge in [-0.3, -0.25) is 0 Å². The maximum atomic E-state index is 10.2. The number of ether oxygens (including phenoxy) is 2. The van der Waals surface area contributed by atoms with Crippen LogP contribution in [0.3, 0.4) is 0 Å². The van der Waals surface area contributed by atoms with Gasteiger partial charge in [-0.05, 0) is 31.8 Å². The van der Waals surface area contributed by atoms with Crippen molar-refractivity contribution in [3.63, 3.8) is 0 Å². The van der Waals surface area contributed by atoms with Crippen molar-refractivity contribution >= 4 is 23.5 Å². The molecule has 0 aromatic rings. The number of hydrogen-bond donors (Lipinski definition) is 1. The number of rotatable bonds is 7. The highest BCUT2D eigenvalue weighted by molar-refractivity contribution is 8.16. The fraction of sp³-hybridized carbons (Fsp3) is 1.00. The van der Waals surface area contributed by atoms with Gasteiger partial charge in [0.1, 0.15) is 6.10 Å². The normalized spacial score (nSPS) is 25.4. The Morgan fingerprint density at radius 3 is 2.29 bits per heavy atom. The summed E-state index contributed by atoms with van der Waals surface area (Å²) in [5, 5.41) is 10.2. The van der Waals surface area contributed by atoms with Crippen molar-refractivity contribution in [2.24, 2.45) is 0 Å². The van der Waals surface area contributed by atoms with E-state index in [1.165, 1.54) is 0 Å². The summed E-state index contributed by atoms with van der Waals surface area (Å²) in [5.41, 5.74) is 0. The lowest BCUT2D eigenvalue weighted by atomic mass is 10.2. The molecular formula is C12H24O3S2. The highest BCUT2D eigenvalue weighted by Gasteiger charge is 2.37. The maximum absolute atomic E-state index is 10.2. The molecule has 1 fully saturated rings. The third-order valence-electron chi connectivity index (χ3n) is 2.60. The molecule has 0 aliphatic carbocycles. The highest BCUT2D eigenvalue weighted by Crippen LogP contribution is 2.31. The van der Waals surface area contributed by atoms with Crippen LogP contribution in [0.4, 0.5) is 0 Å². The SMILES string of the molecule is CCSC(CC(O)C1COC(C)(C)O1)SCC. The Bertz CT molecular complexity index is 218. The first-order valence-electron chi connectivity index (χ1n) is 6.21. The van der Waals surface area contributed by atoms with Crippen LogP contribution in [-0.4, -0.2) is 45.8 Å². The van der Waals surface area contributed by atoms with Crippen molar-refractivity contribution in [2.45, 2.75) is 56.7 Å². The Morgan fingerprint density at radius 1 is 1.29 bits per heavy atom. The minimum Gasteiger partial charge on any atom is -0.390 e. The summed E-state index contributed by atoms with van der Waals surface area (Å²) < 4.78 is 11.6. The van der Waals surface area contributed by atoms with E-state index in [1.54, 1.807) is 0 Å². The molecule has 1 rings (SSSR count). The average molecular weight is 280 g/mol. The molecule has 0 amide bonds. The first-order chi connectivity index (χ1) is 7.98. The van der Waals surface area contributed by atoms with Gasteiger partial charge in [0.15, 0.2) is 5.79 Å². The second kappa shape index (κ2) is 7.24. The van der Waals surface area contributed by atoms with Gasteiger partial charge in [-0.25, -0.2) is 0 Å². The van der Waals surface area contributed by atoms with Gasteiger partial charge in [0, 0.05) is 0 Å². The van der Waals surface area contributed by atoms with Crippen molar-refractivity contribution in [1.82, 2.24) is 0 Å². The third-order valence-corrected chi connectivity index (χ3v) is 5.21. The molecule has 102 valence electrons. The number of aliphatic hydroxyl groups is 1. The van der Waals surface area contributed by atoms with E-state index < -0.39 is 11.9 Å². The molecule has 3 nitrogen and oxygen atoms in total. The molecule has 1 saturated heterocycles. The molecule has 0 spiro atoms. The second-order valence-electron chi connectivity index (χ2n) is 4.51. The highest BCUT2D eigenvalue weighted by atomic mass is 32.2. The smallest absolute Gasteiger partial charge is 0.163 e. The van der Waals surface area contributed by atoms with Gasteiger partial charge in [0.05, 0.1) is 17.3 Å². The standard InChI is InChI=1S/C12H24O3S2/c1-5-16-11(17-6-2)7-9(13)10-8-14-12(3,4)15-10/h9-11,13H,5-8H2,1-4H3. The summed E-state index contributed by atoms with van der Waals surface area (Å²) in [6.45, 7) is 8.57. The van der Waals surface area contributed by atoms with Crippen LogP contribution in [0.5, 0.6) is 0 Å². The van der Waals surface area contributed by atoms with Crippen LogP contribution in [-0.2, 0) is 9.47 Å². The molecule has 1 aliphatic rings. The minimum atomic E-state index is -0.545. The first-order valence-corrected chi connectivity index (χ1v) is 8.31. The summed E-state index contributed by atoms with van der Waals surface area (Å²) >= 11 is 3.79. The van der Waals surface area contributed by atoms with E-state index in [4.69, 9.17) is 9.47 Å². The molecule has 1 aliphatic heterocycles. The van der Waals surface area contributed by atoms with Crippen molar-refractivity contribution in [1.29, 1.82) is 0 Å². The molecule has 1 heterocycles. The van der Waals surface area contributed by atoms with E-state index in [0.29, 0.717) is 11.2 Å². The fourth-order valence-corrected chi connectivity index (χ4v) is 4.42. The van der Waals surface area contributed by atoms with E-state index >= 15 is 0 Å². The Hall–Kier alpha value is 0.580. The molecule has 0 aromatic carbocycles. The molecule has 5 heteroatoms. The van der Waals surface area contributed by atoms with Gasteiger partial charge in [-0.1, -0.05) is 13.8 Å². The Kier molecular flexibility index (Phi) is 6.66. The zero-order valence-electron chi connectivity index (χ0n) is 11.1. The summed E-state index contributed by atoms with van der Waals surface area (Å²) in [7, 11) is 0. The molecule has 0 bridgehead atoms. The van der Waals surface area contributed by atoms with Crippen molar-refractivity contribution < 1.29 is 14.6 Å². The lowest BCUT2D eigenvalue weighted by Gasteiger charge is -2.23. The average Bonchev–Trinajstić information content (AvgIpc) is 2.59. The van der Waals surface area contributed by atoms with Crippen molar-refractivity contribution in [3.05, 3.63) is 0 Å². The van der Waals surface area contributed by atoms with E-state index in [-0.39, 0.29) is 6.10 Å². The lowest BCUT2D eigenvalue weighted by molar-refractivity contribution is -0.151. The number of thioether (sulfide) groups is 2. The number of aliphatic hydroxyl groups excluding tert-OH is 1. The molecular weight excluding hydrogens is 256 g/mol. The minimum absolute atomic E-state index is 0.178. The van der Waals surface area contributed by atoms with Gasteiger partial charge in [0.2, 0.25) is 0 Å². The topological polar surface area (TPSA) is 38.7 Å². The van der Waals surface area contributed by atoms with Gasteiger partial charge in [0.25, 0.3) is 0 Å². The van der Waals surface area contributed by atoms with Crippen molar-refractivity contribution in [3.8, 4) is 0 Å². The molecule has 2 atom stereocenters. The van der Waals surface area contributed by atoms with Gasteiger partial charge in [-0.15, -0.1) is 23.5 Å². The molecule has 0 radical (unpaired) electrons. The molecule has 17 heavy (non-hydrogen) atoms. The second-order valence-corrected chi connectivity index (χ2v) is 7.77. The zero-order valence-corrected chi connectivity index (χ0v) is 12.8.